The standard InChI is InChI=1S/C10H19NO.ClH/c1-10(12)6-5-9-11-7-3-2-4-8-11;/h2-9H2,1H3;1H. The van der Waals surface area contributed by atoms with Gasteiger partial charge in [-0.3, -0.25) is 0 Å². The molecule has 0 atom stereocenters. The summed E-state index contributed by atoms with van der Waals surface area (Å²) >= 11 is 0. The normalized spacial score (nSPS) is 17.9. The lowest BCUT2D eigenvalue weighted by Crippen LogP contribution is -2.30. The lowest BCUT2D eigenvalue weighted by molar-refractivity contribution is -0.117. The highest BCUT2D eigenvalue weighted by Crippen LogP contribution is 2.09. The molecule has 1 saturated heterocycles. The Hall–Kier alpha value is -0.0800. The third-order valence-electron chi connectivity index (χ3n) is 2.45. The SMILES string of the molecule is CC(=O)CCCN1CCCCC1.Cl. The lowest BCUT2D eigenvalue weighted by Gasteiger charge is -2.25. The van der Waals surface area contributed by atoms with E-state index in [1.807, 2.05) is 0 Å². The van der Waals surface area contributed by atoms with E-state index in [1.165, 1.54) is 32.4 Å². The van der Waals surface area contributed by atoms with Gasteiger partial charge < -0.3 is 9.69 Å². The van der Waals surface area contributed by atoms with E-state index in [4.69, 9.17) is 0 Å². The zero-order valence-corrected chi connectivity index (χ0v) is 9.24. The first-order valence-corrected chi connectivity index (χ1v) is 5.01. The zero-order chi connectivity index (χ0) is 8.81. The minimum absolute atomic E-state index is 0. The summed E-state index contributed by atoms with van der Waals surface area (Å²) in [6.07, 6.45) is 5.90. The number of piperidine rings is 1. The summed E-state index contributed by atoms with van der Waals surface area (Å²) in [6, 6.07) is 0. The number of rotatable bonds is 4. The first kappa shape index (κ1) is 12.9. The minimum Gasteiger partial charge on any atom is -0.303 e. The van der Waals surface area contributed by atoms with E-state index in [9.17, 15) is 4.79 Å². The van der Waals surface area contributed by atoms with Crippen molar-refractivity contribution in [3.63, 3.8) is 0 Å². The predicted octanol–water partition coefficient (Wildman–Crippen LogP) is 2.26. The van der Waals surface area contributed by atoms with Crippen molar-refractivity contribution in [1.82, 2.24) is 4.90 Å². The average molecular weight is 206 g/mol. The minimum atomic E-state index is 0. The molecule has 0 N–H and O–H groups in total. The maximum Gasteiger partial charge on any atom is 0.129 e. The number of carbonyl (C=O) groups excluding carboxylic acids is 1. The van der Waals surface area contributed by atoms with E-state index in [1.54, 1.807) is 6.92 Å². The molecule has 2 nitrogen and oxygen atoms in total. The molecule has 1 fully saturated rings. The van der Waals surface area contributed by atoms with Gasteiger partial charge >= 0.3 is 0 Å². The summed E-state index contributed by atoms with van der Waals surface area (Å²) in [5, 5.41) is 0. The van der Waals surface area contributed by atoms with Crippen LogP contribution in [0.25, 0.3) is 0 Å². The van der Waals surface area contributed by atoms with Gasteiger partial charge in [0.25, 0.3) is 0 Å². The van der Waals surface area contributed by atoms with Crippen LogP contribution in [0.2, 0.25) is 0 Å². The number of Topliss-reactive ketones (excluding diaryl/α,β-unsaturated/α-hetero) is 1. The van der Waals surface area contributed by atoms with Gasteiger partial charge in [0, 0.05) is 6.42 Å². The Kier molecular flexibility index (Phi) is 7.29. The Labute approximate surface area is 87.1 Å². The molecule has 1 rings (SSSR count). The Balaban J connectivity index is 0.00000144. The quantitative estimate of drug-likeness (QED) is 0.702. The van der Waals surface area contributed by atoms with Gasteiger partial charge in [-0.05, 0) is 45.8 Å². The zero-order valence-electron chi connectivity index (χ0n) is 8.42. The summed E-state index contributed by atoms with van der Waals surface area (Å²) in [4.78, 5) is 13.1. The number of likely N-dealkylation sites (tertiary alicyclic amines) is 1. The van der Waals surface area contributed by atoms with Gasteiger partial charge in [0.1, 0.15) is 5.78 Å². The maximum absolute atomic E-state index is 10.7. The van der Waals surface area contributed by atoms with Gasteiger partial charge in [-0.15, -0.1) is 12.4 Å². The van der Waals surface area contributed by atoms with Crippen molar-refractivity contribution in [2.24, 2.45) is 0 Å². The highest BCUT2D eigenvalue weighted by Gasteiger charge is 2.08. The third-order valence-corrected chi connectivity index (χ3v) is 2.45. The summed E-state index contributed by atoms with van der Waals surface area (Å²) in [6.45, 7) is 5.30. The molecule has 78 valence electrons. The van der Waals surface area contributed by atoms with Crippen LogP contribution in [-0.4, -0.2) is 30.3 Å². The number of hydrogen-bond donors (Lipinski definition) is 0. The van der Waals surface area contributed by atoms with Crippen molar-refractivity contribution in [3.8, 4) is 0 Å². The Morgan fingerprint density at radius 2 is 1.85 bits per heavy atom. The van der Waals surface area contributed by atoms with E-state index in [-0.39, 0.29) is 12.4 Å². The van der Waals surface area contributed by atoms with Crippen molar-refractivity contribution in [3.05, 3.63) is 0 Å². The summed E-state index contributed by atoms with van der Waals surface area (Å²) in [5.41, 5.74) is 0. The van der Waals surface area contributed by atoms with Crippen LogP contribution in [0.1, 0.15) is 39.0 Å². The molecule has 0 spiro atoms. The van der Waals surface area contributed by atoms with Crippen molar-refractivity contribution >= 4 is 18.2 Å². The van der Waals surface area contributed by atoms with Crippen LogP contribution in [0.4, 0.5) is 0 Å². The van der Waals surface area contributed by atoms with E-state index >= 15 is 0 Å². The number of carbonyl (C=O) groups is 1. The maximum atomic E-state index is 10.7. The Morgan fingerprint density at radius 1 is 1.23 bits per heavy atom. The summed E-state index contributed by atoms with van der Waals surface area (Å²) in [5.74, 6) is 0.326. The predicted molar refractivity (Wildman–Crippen MR) is 57.5 cm³/mol. The second-order valence-corrected chi connectivity index (χ2v) is 3.71. The molecule has 13 heavy (non-hydrogen) atoms. The smallest absolute Gasteiger partial charge is 0.129 e. The number of halogens is 1. The Bertz CT molecular complexity index is 144. The van der Waals surface area contributed by atoms with Crippen LogP contribution in [0.3, 0.4) is 0 Å². The van der Waals surface area contributed by atoms with Crippen LogP contribution >= 0.6 is 12.4 Å². The second-order valence-electron chi connectivity index (χ2n) is 3.71. The average Bonchev–Trinajstić information content (AvgIpc) is 2.05. The van der Waals surface area contributed by atoms with Gasteiger partial charge in [0.2, 0.25) is 0 Å². The number of ketones is 1. The molecule has 1 heterocycles. The Morgan fingerprint density at radius 3 is 2.38 bits per heavy atom. The molecular weight excluding hydrogens is 186 g/mol. The van der Waals surface area contributed by atoms with E-state index in [2.05, 4.69) is 4.90 Å². The summed E-state index contributed by atoms with van der Waals surface area (Å²) < 4.78 is 0. The van der Waals surface area contributed by atoms with E-state index < -0.39 is 0 Å². The first-order valence-electron chi connectivity index (χ1n) is 5.01. The van der Waals surface area contributed by atoms with Gasteiger partial charge in [0.05, 0.1) is 0 Å². The van der Waals surface area contributed by atoms with Crippen LogP contribution in [-0.2, 0) is 4.79 Å². The van der Waals surface area contributed by atoms with Gasteiger partial charge in [0.15, 0.2) is 0 Å². The lowest BCUT2D eigenvalue weighted by atomic mass is 10.1. The van der Waals surface area contributed by atoms with E-state index in [0.29, 0.717) is 5.78 Å². The largest absolute Gasteiger partial charge is 0.303 e. The highest BCUT2D eigenvalue weighted by molar-refractivity contribution is 5.85. The monoisotopic (exact) mass is 205 g/mol. The molecular formula is C10H20ClNO. The topological polar surface area (TPSA) is 20.3 Å². The molecule has 1 aliphatic heterocycles. The van der Waals surface area contributed by atoms with Crippen molar-refractivity contribution < 1.29 is 4.79 Å². The fourth-order valence-electron chi connectivity index (χ4n) is 1.73. The molecule has 0 aromatic rings. The fourth-order valence-corrected chi connectivity index (χ4v) is 1.73. The molecule has 0 aromatic carbocycles. The molecule has 0 radical (unpaired) electrons. The van der Waals surface area contributed by atoms with Gasteiger partial charge in [-0.1, -0.05) is 6.42 Å². The summed E-state index contributed by atoms with van der Waals surface area (Å²) in [7, 11) is 0. The third kappa shape index (κ3) is 6.05. The van der Waals surface area contributed by atoms with Crippen LogP contribution in [0.15, 0.2) is 0 Å². The van der Waals surface area contributed by atoms with Crippen LogP contribution in [0.5, 0.6) is 0 Å². The van der Waals surface area contributed by atoms with Gasteiger partial charge in [-0.25, -0.2) is 0 Å². The molecule has 0 unspecified atom stereocenters. The highest BCUT2D eigenvalue weighted by atomic mass is 35.5. The molecule has 0 saturated carbocycles. The molecule has 0 amide bonds. The second kappa shape index (κ2) is 7.34. The number of nitrogens with zero attached hydrogens (tertiary/aromatic N) is 1. The molecule has 3 heteroatoms. The van der Waals surface area contributed by atoms with Gasteiger partial charge in [-0.2, -0.15) is 0 Å². The molecule has 0 aliphatic carbocycles. The van der Waals surface area contributed by atoms with Crippen LogP contribution in [0, 0.1) is 0 Å². The fraction of sp³-hybridized carbons (Fsp3) is 0.900. The first-order chi connectivity index (χ1) is 5.79. The van der Waals surface area contributed by atoms with Crippen molar-refractivity contribution in [1.29, 1.82) is 0 Å². The molecule has 0 bridgehead atoms. The molecule has 1 aliphatic rings. The van der Waals surface area contributed by atoms with Crippen LogP contribution < -0.4 is 0 Å². The van der Waals surface area contributed by atoms with E-state index in [0.717, 1.165) is 19.4 Å². The van der Waals surface area contributed by atoms with Crippen molar-refractivity contribution in [2.75, 3.05) is 19.6 Å². The number of hydrogen-bond acceptors (Lipinski definition) is 2. The van der Waals surface area contributed by atoms with Crippen molar-refractivity contribution in [2.45, 2.75) is 39.0 Å². The molecule has 0 aromatic heterocycles.